The molecule has 128 valence electrons. The Labute approximate surface area is 136 Å². The predicted molar refractivity (Wildman–Crippen MR) is 85.8 cm³/mol. The Morgan fingerprint density at radius 2 is 1.87 bits per heavy atom. The molecule has 6 heteroatoms. The summed E-state index contributed by atoms with van der Waals surface area (Å²) in [5.74, 6) is 1.29. The molecule has 1 N–H and O–H groups in total. The van der Waals surface area contributed by atoms with Crippen LogP contribution in [0.15, 0.2) is 18.2 Å². The SMILES string of the molecule is CC[C@@]1(C)OC(=O)N(CCc2ccc(OC)c(OC)c2)[C@@]1(C)O. The second-order valence-electron chi connectivity index (χ2n) is 6.06. The first-order chi connectivity index (χ1) is 10.8. The van der Waals surface area contributed by atoms with Crippen LogP contribution in [0.5, 0.6) is 11.5 Å². The fraction of sp³-hybridized carbons (Fsp3) is 0.588. The van der Waals surface area contributed by atoms with Crippen LogP contribution in [0, 0.1) is 0 Å². The molecular formula is C17H25NO5. The van der Waals surface area contributed by atoms with Gasteiger partial charge in [-0.3, -0.25) is 4.90 Å². The average Bonchev–Trinajstić information content (AvgIpc) is 2.70. The highest BCUT2D eigenvalue weighted by Crippen LogP contribution is 2.39. The highest BCUT2D eigenvalue weighted by atomic mass is 16.6. The van der Waals surface area contributed by atoms with E-state index in [1.165, 1.54) is 4.90 Å². The smallest absolute Gasteiger partial charge is 0.412 e. The number of carbonyl (C=O) groups excluding carboxylic acids is 1. The monoisotopic (exact) mass is 323 g/mol. The van der Waals surface area contributed by atoms with Crippen molar-refractivity contribution in [3.05, 3.63) is 23.8 Å². The highest BCUT2D eigenvalue weighted by Gasteiger charge is 2.57. The normalized spacial score (nSPS) is 27.0. The fourth-order valence-corrected chi connectivity index (χ4v) is 2.80. The van der Waals surface area contributed by atoms with Gasteiger partial charge in [-0.05, 0) is 44.4 Å². The first-order valence-corrected chi connectivity index (χ1v) is 7.73. The lowest BCUT2D eigenvalue weighted by atomic mass is 9.90. The molecule has 1 aromatic rings. The summed E-state index contributed by atoms with van der Waals surface area (Å²) >= 11 is 0. The molecule has 0 unspecified atom stereocenters. The first kappa shape index (κ1) is 17.4. The number of rotatable bonds is 6. The number of nitrogens with zero attached hydrogens (tertiary/aromatic N) is 1. The van der Waals surface area contributed by atoms with Gasteiger partial charge in [0.25, 0.3) is 0 Å². The second kappa shape index (κ2) is 6.28. The van der Waals surface area contributed by atoms with E-state index in [-0.39, 0.29) is 0 Å². The van der Waals surface area contributed by atoms with Crippen LogP contribution in [-0.2, 0) is 11.2 Å². The Morgan fingerprint density at radius 1 is 1.22 bits per heavy atom. The van der Waals surface area contributed by atoms with Gasteiger partial charge in [-0.1, -0.05) is 13.0 Å². The third-order valence-electron chi connectivity index (χ3n) is 4.81. The zero-order chi connectivity index (χ0) is 17.3. The van der Waals surface area contributed by atoms with E-state index in [1.807, 2.05) is 25.1 Å². The number of methoxy groups -OCH3 is 2. The molecule has 1 aliphatic heterocycles. The molecular weight excluding hydrogens is 298 g/mol. The van der Waals surface area contributed by atoms with Crippen LogP contribution >= 0.6 is 0 Å². The summed E-state index contributed by atoms with van der Waals surface area (Å²) in [4.78, 5) is 13.5. The van der Waals surface area contributed by atoms with Gasteiger partial charge in [0.15, 0.2) is 22.8 Å². The molecule has 0 bridgehead atoms. The zero-order valence-corrected chi connectivity index (χ0v) is 14.4. The van der Waals surface area contributed by atoms with E-state index in [1.54, 1.807) is 28.1 Å². The van der Waals surface area contributed by atoms with Gasteiger partial charge in [0, 0.05) is 6.54 Å². The Hall–Kier alpha value is -1.95. The summed E-state index contributed by atoms with van der Waals surface area (Å²) < 4.78 is 15.9. The third kappa shape index (κ3) is 2.95. The third-order valence-corrected chi connectivity index (χ3v) is 4.81. The van der Waals surface area contributed by atoms with Crippen molar-refractivity contribution >= 4 is 6.09 Å². The fourth-order valence-electron chi connectivity index (χ4n) is 2.80. The maximum absolute atomic E-state index is 12.1. The number of aliphatic hydroxyl groups is 1. The first-order valence-electron chi connectivity index (χ1n) is 7.73. The molecule has 1 amide bonds. The van der Waals surface area contributed by atoms with Crippen molar-refractivity contribution in [2.24, 2.45) is 0 Å². The van der Waals surface area contributed by atoms with E-state index in [0.717, 1.165) is 5.56 Å². The molecule has 0 radical (unpaired) electrons. The number of ether oxygens (including phenoxy) is 3. The van der Waals surface area contributed by atoms with E-state index < -0.39 is 17.4 Å². The minimum atomic E-state index is -1.34. The predicted octanol–water partition coefficient (Wildman–Crippen LogP) is 2.58. The van der Waals surface area contributed by atoms with Crippen molar-refractivity contribution < 1.29 is 24.1 Å². The summed E-state index contributed by atoms with van der Waals surface area (Å²) in [7, 11) is 3.16. The maximum atomic E-state index is 12.1. The van der Waals surface area contributed by atoms with E-state index in [0.29, 0.717) is 30.9 Å². The van der Waals surface area contributed by atoms with Crippen LogP contribution in [0.4, 0.5) is 4.79 Å². The van der Waals surface area contributed by atoms with Crippen molar-refractivity contribution in [2.75, 3.05) is 20.8 Å². The van der Waals surface area contributed by atoms with E-state index in [9.17, 15) is 9.90 Å². The lowest BCUT2D eigenvalue weighted by Gasteiger charge is -2.36. The second-order valence-corrected chi connectivity index (χ2v) is 6.06. The lowest BCUT2D eigenvalue weighted by Crippen LogP contribution is -2.55. The van der Waals surface area contributed by atoms with Gasteiger partial charge < -0.3 is 19.3 Å². The summed E-state index contributed by atoms with van der Waals surface area (Å²) in [6, 6.07) is 5.61. The minimum Gasteiger partial charge on any atom is -0.493 e. The van der Waals surface area contributed by atoms with Gasteiger partial charge in [-0.15, -0.1) is 0 Å². The van der Waals surface area contributed by atoms with E-state index in [4.69, 9.17) is 14.2 Å². The van der Waals surface area contributed by atoms with E-state index >= 15 is 0 Å². The summed E-state index contributed by atoms with van der Waals surface area (Å²) in [5.41, 5.74) is -1.26. The highest BCUT2D eigenvalue weighted by molar-refractivity contribution is 5.72. The number of hydrogen-bond donors (Lipinski definition) is 1. The molecule has 2 rings (SSSR count). The van der Waals surface area contributed by atoms with Crippen LogP contribution in [-0.4, -0.2) is 48.2 Å². The Morgan fingerprint density at radius 3 is 2.39 bits per heavy atom. The molecule has 0 aromatic heterocycles. The molecule has 0 saturated carbocycles. The van der Waals surface area contributed by atoms with E-state index in [2.05, 4.69) is 0 Å². The van der Waals surface area contributed by atoms with Crippen molar-refractivity contribution in [3.8, 4) is 11.5 Å². The topological polar surface area (TPSA) is 68.2 Å². The molecule has 23 heavy (non-hydrogen) atoms. The molecule has 1 heterocycles. The number of amides is 1. The number of hydrogen-bond acceptors (Lipinski definition) is 5. The molecule has 1 aliphatic rings. The van der Waals surface area contributed by atoms with Crippen LogP contribution in [0.2, 0.25) is 0 Å². The lowest BCUT2D eigenvalue weighted by molar-refractivity contribution is -0.137. The Kier molecular flexibility index (Phi) is 4.75. The zero-order valence-electron chi connectivity index (χ0n) is 14.4. The van der Waals surface area contributed by atoms with Gasteiger partial charge in [0.05, 0.1) is 14.2 Å². The number of benzene rings is 1. The molecule has 1 aromatic carbocycles. The molecule has 1 fully saturated rings. The maximum Gasteiger partial charge on any atom is 0.412 e. The Balaban J connectivity index is 2.13. The number of cyclic esters (lactones) is 1. The molecule has 2 atom stereocenters. The molecule has 6 nitrogen and oxygen atoms in total. The standard InChI is InChI=1S/C17H25NO5/c1-6-16(2)17(3,20)18(15(19)23-16)10-9-12-7-8-13(21-4)14(11-12)22-5/h7-8,11,20H,6,9-10H2,1-5H3/t16-,17+/m1/s1. The van der Waals surface area contributed by atoms with Crippen molar-refractivity contribution in [2.45, 2.75) is 44.9 Å². The van der Waals surface area contributed by atoms with Crippen LogP contribution in [0.25, 0.3) is 0 Å². The minimum absolute atomic E-state index is 0.358. The summed E-state index contributed by atoms with van der Waals surface area (Å²) in [5, 5.41) is 10.7. The summed E-state index contributed by atoms with van der Waals surface area (Å²) in [6.45, 7) is 5.62. The average molecular weight is 323 g/mol. The van der Waals surface area contributed by atoms with Crippen molar-refractivity contribution in [1.82, 2.24) is 4.90 Å². The van der Waals surface area contributed by atoms with Crippen LogP contribution in [0.3, 0.4) is 0 Å². The van der Waals surface area contributed by atoms with Gasteiger partial charge in [0.2, 0.25) is 0 Å². The number of carbonyl (C=O) groups is 1. The van der Waals surface area contributed by atoms with Crippen molar-refractivity contribution in [1.29, 1.82) is 0 Å². The van der Waals surface area contributed by atoms with Gasteiger partial charge in [-0.2, -0.15) is 0 Å². The van der Waals surface area contributed by atoms with Gasteiger partial charge in [-0.25, -0.2) is 4.79 Å². The van der Waals surface area contributed by atoms with Crippen LogP contribution < -0.4 is 9.47 Å². The largest absolute Gasteiger partial charge is 0.493 e. The quantitative estimate of drug-likeness (QED) is 0.871. The Bertz CT molecular complexity index is 586. The van der Waals surface area contributed by atoms with Crippen LogP contribution in [0.1, 0.15) is 32.8 Å². The van der Waals surface area contributed by atoms with Gasteiger partial charge >= 0.3 is 6.09 Å². The molecule has 1 saturated heterocycles. The molecule has 0 aliphatic carbocycles. The van der Waals surface area contributed by atoms with Crippen molar-refractivity contribution in [3.63, 3.8) is 0 Å². The summed E-state index contributed by atoms with van der Waals surface area (Å²) in [6.07, 6.45) is 0.629. The van der Waals surface area contributed by atoms with Gasteiger partial charge in [0.1, 0.15) is 0 Å². The molecule has 0 spiro atoms.